The maximum absolute atomic E-state index is 4.57. The van der Waals surface area contributed by atoms with E-state index in [0.717, 1.165) is 29.0 Å². The number of hydrogen-bond donors (Lipinski definition) is 2. The molecule has 2 N–H and O–H groups in total. The quantitative estimate of drug-likeness (QED) is 0.736. The van der Waals surface area contributed by atoms with Crippen molar-refractivity contribution in [2.75, 3.05) is 7.05 Å². The van der Waals surface area contributed by atoms with Crippen LogP contribution in [-0.4, -0.2) is 22.0 Å². The van der Waals surface area contributed by atoms with Gasteiger partial charge in [-0.05, 0) is 36.9 Å². The van der Waals surface area contributed by atoms with Crippen molar-refractivity contribution in [3.63, 3.8) is 0 Å². The summed E-state index contributed by atoms with van der Waals surface area (Å²) in [6.07, 6.45) is 3.57. The molecule has 0 spiro atoms. The molecule has 4 heteroatoms. The van der Waals surface area contributed by atoms with E-state index in [0.29, 0.717) is 0 Å². The molecule has 4 nitrogen and oxygen atoms in total. The highest BCUT2D eigenvalue weighted by atomic mass is 14.9. The number of fused-ring (bicyclic) bond motifs is 1. The fourth-order valence-electron chi connectivity index (χ4n) is 2.01. The zero-order valence-corrected chi connectivity index (χ0v) is 10.1. The van der Waals surface area contributed by atoms with Gasteiger partial charge in [0.2, 0.25) is 0 Å². The van der Waals surface area contributed by atoms with Gasteiger partial charge in [0.15, 0.2) is 0 Å². The van der Waals surface area contributed by atoms with E-state index in [-0.39, 0.29) is 0 Å². The largest absolute Gasteiger partial charge is 0.338 e. The first kappa shape index (κ1) is 10.9. The lowest BCUT2D eigenvalue weighted by atomic mass is 10.2. The third-order valence-electron chi connectivity index (χ3n) is 2.86. The summed E-state index contributed by atoms with van der Waals surface area (Å²) >= 11 is 0. The van der Waals surface area contributed by atoms with Gasteiger partial charge in [-0.15, -0.1) is 0 Å². The van der Waals surface area contributed by atoms with Crippen LogP contribution in [-0.2, 0) is 6.54 Å². The van der Waals surface area contributed by atoms with Crippen molar-refractivity contribution in [3.8, 4) is 11.4 Å². The standard InChI is InChI=1S/C14H14N4/c1-15-8-10-4-5-12-13(7-10)18-14(17-12)11-3-2-6-16-9-11/h2-7,9,15H,8H2,1H3,(H,17,18). The molecule has 0 fully saturated rings. The molecule has 0 radical (unpaired) electrons. The van der Waals surface area contributed by atoms with E-state index in [1.165, 1.54) is 5.56 Å². The molecule has 90 valence electrons. The van der Waals surface area contributed by atoms with Gasteiger partial charge in [-0.3, -0.25) is 4.98 Å². The van der Waals surface area contributed by atoms with E-state index < -0.39 is 0 Å². The Balaban J connectivity index is 2.06. The van der Waals surface area contributed by atoms with E-state index in [1.807, 2.05) is 31.4 Å². The molecule has 3 aromatic rings. The van der Waals surface area contributed by atoms with Crippen molar-refractivity contribution in [1.29, 1.82) is 0 Å². The van der Waals surface area contributed by atoms with E-state index >= 15 is 0 Å². The Labute approximate surface area is 105 Å². The first-order chi connectivity index (χ1) is 8.86. The Hall–Kier alpha value is -2.20. The second-order valence-electron chi connectivity index (χ2n) is 4.21. The second-order valence-corrected chi connectivity index (χ2v) is 4.21. The predicted octanol–water partition coefficient (Wildman–Crippen LogP) is 2.34. The number of hydrogen-bond acceptors (Lipinski definition) is 3. The van der Waals surface area contributed by atoms with Crippen molar-refractivity contribution >= 4 is 11.0 Å². The van der Waals surface area contributed by atoms with Crippen LogP contribution in [0.1, 0.15) is 5.56 Å². The summed E-state index contributed by atoms with van der Waals surface area (Å²) in [6.45, 7) is 0.858. The van der Waals surface area contributed by atoms with Gasteiger partial charge >= 0.3 is 0 Å². The van der Waals surface area contributed by atoms with Gasteiger partial charge in [0.05, 0.1) is 11.0 Å². The number of imidazole rings is 1. The van der Waals surface area contributed by atoms with Gasteiger partial charge in [0.25, 0.3) is 0 Å². The van der Waals surface area contributed by atoms with E-state index in [9.17, 15) is 0 Å². The molecule has 0 saturated heterocycles. The van der Waals surface area contributed by atoms with Crippen LogP contribution in [0, 0.1) is 0 Å². The van der Waals surface area contributed by atoms with Crippen LogP contribution in [0.15, 0.2) is 42.7 Å². The van der Waals surface area contributed by atoms with Crippen LogP contribution < -0.4 is 5.32 Å². The van der Waals surface area contributed by atoms with Crippen molar-refractivity contribution in [2.45, 2.75) is 6.54 Å². The lowest BCUT2D eigenvalue weighted by Crippen LogP contribution is -2.04. The first-order valence-corrected chi connectivity index (χ1v) is 5.90. The number of H-pyrrole nitrogens is 1. The molecule has 0 aliphatic carbocycles. The number of rotatable bonds is 3. The highest BCUT2D eigenvalue weighted by molar-refractivity contribution is 5.79. The second kappa shape index (κ2) is 4.58. The number of aromatic amines is 1. The van der Waals surface area contributed by atoms with Crippen LogP contribution in [0.5, 0.6) is 0 Å². The van der Waals surface area contributed by atoms with Crippen molar-refractivity contribution in [3.05, 3.63) is 48.3 Å². The Morgan fingerprint density at radius 3 is 3.00 bits per heavy atom. The van der Waals surface area contributed by atoms with Crippen molar-refractivity contribution in [1.82, 2.24) is 20.3 Å². The SMILES string of the molecule is CNCc1ccc2nc(-c3cccnc3)[nH]c2c1. The zero-order valence-electron chi connectivity index (χ0n) is 10.1. The fourth-order valence-corrected chi connectivity index (χ4v) is 2.01. The lowest BCUT2D eigenvalue weighted by molar-refractivity contribution is 0.819. The molecule has 0 aliphatic rings. The summed E-state index contributed by atoms with van der Waals surface area (Å²) in [5.74, 6) is 0.861. The summed E-state index contributed by atoms with van der Waals surface area (Å²) in [7, 11) is 1.94. The molecule has 0 amide bonds. The summed E-state index contributed by atoms with van der Waals surface area (Å²) in [6, 6.07) is 10.2. The summed E-state index contributed by atoms with van der Waals surface area (Å²) in [4.78, 5) is 12.0. The summed E-state index contributed by atoms with van der Waals surface area (Å²) < 4.78 is 0. The van der Waals surface area contributed by atoms with E-state index in [4.69, 9.17) is 0 Å². The highest BCUT2D eigenvalue weighted by Crippen LogP contribution is 2.20. The maximum atomic E-state index is 4.57. The fraction of sp³-hybridized carbons (Fsp3) is 0.143. The number of benzene rings is 1. The van der Waals surface area contributed by atoms with Crippen molar-refractivity contribution < 1.29 is 0 Å². The minimum atomic E-state index is 0.858. The molecule has 0 atom stereocenters. The Morgan fingerprint density at radius 1 is 1.28 bits per heavy atom. The maximum Gasteiger partial charge on any atom is 0.140 e. The van der Waals surface area contributed by atoms with Crippen LogP contribution in [0.4, 0.5) is 0 Å². The minimum absolute atomic E-state index is 0.858. The normalized spacial score (nSPS) is 10.9. The molecule has 1 aromatic carbocycles. The van der Waals surface area contributed by atoms with Gasteiger partial charge in [0, 0.05) is 24.5 Å². The average Bonchev–Trinajstić information content (AvgIpc) is 2.83. The summed E-state index contributed by atoms with van der Waals surface area (Å²) in [5.41, 5.74) is 4.28. The Morgan fingerprint density at radius 2 is 2.22 bits per heavy atom. The Kier molecular flexibility index (Phi) is 2.78. The zero-order chi connectivity index (χ0) is 12.4. The monoisotopic (exact) mass is 238 g/mol. The molecule has 18 heavy (non-hydrogen) atoms. The van der Waals surface area contributed by atoms with Crippen molar-refractivity contribution in [2.24, 2.45) is 0 Å². The van der Waals surface area contributed by atoms with Gasteiger partial charge in [0.1, 0.15) is 5.82 Å². The van der Waals surface area contributed by atoms with Gasteiger partial charge < -0.3 is 10.3 Å². The van der Waals surface area contributed by atoms with Gasteiger partial charge in [-0.1, -0.05) is 6.07 Å². The van der Waals surface area contributed by atoms with Crippen LogP contribution in [0.25, 0.3) is 22.4 Å². The molecule has 0 unspecified atom stereocenters. The van der Waals surface area contributed by atoms with Crippen LogP contribution in [0.3, 0.4) is 0 Å². The Bertz CT molecular complexity index is 658. The molecule has 3 rings (SSSR count). The van der Waals surface area contributed by atoms with E-state index in [1.54, 1.807) is 6.20 Å². The molecule has 0 aliphatic heterocycles. The molecular formula is C14H14N4. The van der Waals surface area contributed by atoms with Gasteiger partial charge in [-0.25, -0.2) is 4.98 Å². The third kappa shape index (κ3) is 1.98. The molecule has 2 aromatic heterocycles. The first-order valence-electron chi connectivity index (χ1n) is 5.90. The van der Waals surface area contributed by atoms with Crippen LogP contribution >= 0.6 is 0 Å². The minimum Gasteiger partial charge on any atom is -0.338 e. The third-order valence-corrected chi connectivity index (χ3v) is 2.86. The number of nitrogens with one attached hydrogen (secondary N) is 2. The molecule has 0 bridgehead atoms. The predicted molar refractivity (Wildman–Crippen MR) is 72.1 cm³/mol. The van der Waals surface area contributed by atoms with Gasteiger partial charge in [-0.2, -0.15) is 0 Å². The number of pyridine rings is 1. The van der Waals surface area contributed by atoms with Crippen LogP contribution in [0.2, 0.25) is 0 Å². The highest BCUT2D eigenvalue weighted by Gasteiger charge is 2.05. The number of aromatic nitrogens is 3. The average molecular weight is 238 g/mol. The smallest absolute Gasteiger partial charge is 0.140 e. The van der Waals surface area contributed by atoms with E-state index in [2.05, 4.69) is 32.4 Å². The lowest BCUT2D eigenvalue weighted by Gasteiger charge is -1.98. The molecule has 0 saturated carbocycles. The summed E-state index contributed by atoms with van der Waals surface area (Å²) in [5, 5.41) is 3.14. The topological polar surface area (TPSA) is 53.6 Å². The molecular weight excluding hydrogens is 224 g/mol. The molecule has 2 heterocycles. The number of nitrogens with zero attached hydrogens (tertiary/aromatic N) is 2.